The number of rotatable bonds is 5. The molecular weight excluding hydrogens is 358 g/mol. The highest BCUT2D eigenvalue weighted by Crippen LogP contribution is 2.31. The molecule has 1 aromatic rings. The van der Waals surface area contributed by atoms with Gasteiger partial charge >= 0.3 is 5.97 Å². The van der Waals surface area contributed by atoms with Crippen molar-refractivity contribution in [3.63, 3.8) is 0 Å². The summed E-state index contributed by atoms with van der Waals surface area (Å²) in [4.78, 5) is 26.4. The molecule has 0 unspecified atom stereocenters. The molecule has 1 fully saturated rings. The molecule has 0 bridgehead atoms. The third-order valence-corrected chi connectivity index (χ3v) is 5.25. The van der Waals surface area contributed by atoms with Gasteiger partial charge in [0.15, 0.2) is 5.78 Å². The fraction of sp³-hybridized carbons (Fsp3) is 0.526. The van der Waals surface area contributed by atoms with E-state index in [1.807, 2.05) is 20.8 Å². The van der Waals surface area contributed by atoms with Crippen molar-refractivity contribution in [2.75, 3.05) is 6.54 Å². The summed E-state index contributed by atoms with van der Waals surface area (Å²) in [6.07, 6.45) is 3.95. The SMILES string of the molecule is CC(C)(C)C(=O)c1c(Cl)cccc1C(=S)N(CC(=O)O)C1CCCC1. The van der Waals surface area contributed by atoms with Gasteiger partial charge in [0.1, 0.15) is 11.5 Å². The van der Waals surface area contributed by atoms with Gasteiger partial charge in [-0.15, -0.1) is 0 Å². The van der Waals surface area contributed by atoms with Gasteiger partial charge in [0, 0.05) is 22.6 Å². The molecule has 2 rings (SSSR count). The van der Waals surface area contributed by atoms with Crippen molar-refractivity contribution in [1.82, 2.24) is 4.90 Å². The molecule has 0 amide bonds. The zero-order chi connectivity index (χ0) is 18.8. The molecule has 0 aliphatic heterocycles. The number of hydrogen-bond donors (Lipinski definition) is 1. The van der Waals surface area contributed by atoms with Crippen molar-refractivity contribution in [1.29, 1.82) is 0 Å². The number of carbonyl (C=O) groups excluding carboxylic acids is 1. The summed E-state index contributed by atoms with van der Waals surface area (Å²) in [5, 5.41) is 9.66. The third kappa shape index (κ3) is 4.59. The quantitative estimate of drug-likeness (QED) is 0.597. The van der Waals surface area contributed by atoms with Crippen molar-refractivity contribution in [3.05, 3.63) is 34.3 Å². The Morgan fingerprint density at radius 3 is 2.40 bits per heavy atom. The first-order valence-corrected chi connectivity index (χ1v) is 9.27. The van der Waals surface area contributed by atoms with Gasteiger partial charge in [0.2, 0.25) is 0 Å². The molecule has 1 N–H and O–H groups in total. The number of carbonyl (C=O) groups is 2. The maximum absolute atomic E-state index is 12.9. The monoisotopic (exact) mass is 381 g/mol. The molecule has 1 saturated carbocycles. The Bertz CT molecular complexity index is 690. The summed E-state index contributed by atoms with van der Waals surface area (Å²) in [7, 11) is 0. The molecule has 0 radical (unpaired) electrons. The predicted octanol–water partition coefficient (Wildman–Crippen LogP) is 4.57. The Labute approximate surface area is 159 Å². The lowest BCUT2D eigenvalue weighted by atomic mass is 9.84. The largest absolute Gasteiger partial charge is 0.480 e. The summed E-state index contributed by atoms with van der Waals surface area (Å²) in [6, 6.07) is 5.28. The molecule has 1 aliphatic rings. The average Bonchev–Trinajstić information content (AvgIpc) is 3.04. The first-order valence-electron chi connectivity index (χ1n) is 8.49. The highest BCUT2D eigenvalue weighted by atomic mass is 35.5. The second-order valence-corrected chi connectivity index (χ2v) is 8.30. The van der Waals surface area contributed by atoms with Gasteiger partial charge in [-0.2, -0.15) is 0 Å². The van der Waals surface area contributed by atoms with Crippen LogP contribution in [0.25, 0.3) is 0 Å². The van der Waals surface area contributed by atoms with Crippen LogP contribution in [0.3, 0.4) is 0 Å². The van der Waals surface area contributed by atoms with E-state index < -0.39 is 11.4 Å². The second-order valence-electron chi connectivity index (χ2n) is 7.51. The summed E-state index contributed by atoms with van der Waals surface area (Å²) in [5.41, 5.74) is 0.325. The van der Waals surface area contributed by atoms with E-state index in [9.17, 15) is 14.7 Å². The van der Waals surface area contributed by atoms with Gasteiger partial charge in [-0.3, -0.25) is 9.59 Å². The highest BCUT2D eigenvalue weighted by Gasteiger charge is 2.32. The number of hydrogen-bond acceptors (Lipinski definition) is 3. The standard InChI is InChI=1S/C19H24ClNO3S/c1-19(2,3)17(24)16-13(9-6-10-14(16)20)18(25)21(11-15(22)23)12-7-4-5-8-12/h6,9-10,12H,4-5,7-8,11H2,1-3H3,(H,22,23). The van der Waals surface area contributed by atoms with Crippen LogP contribution in [0.4, 0.5) is 0 Å². The number of carboxylic acid groups (broad SMARTS) is 1. The molecule has 4 nitrogen and oxygen atoms in total. The first-order chi connectivity index (χ1) is 11.6. The molecule has 0 atom stereocenters. The van der Waals surface area contributed by atoms with Crippen molar-refractivity contribution in [2.24, 2.45) is 5.41 Å². The van der Waals surface area contributed by atoms with Gasteiger partial charge in [-0.1, -0.05) is 69.6 Å². The van der Waals surface area contributed by atoms with Crippen LogP contribution in [-0.4, -0.2) is 39.3 Å². The zero-order valence-electron chi connectivity index (χ0n) is 14.8. The van der Waals surface area contributed by atoms with E-state index in [-0.39, 0.29) is 18.4 Å². The lowest BCUT2D eigenvalue weighted by molar-refractivity contribution is -0.137. The number of ketones is 1. The fourth-order valence-electron chi connectivity index (χ4n) is 3.19. The fourth-order valence-corrected chi connectivity index (χ4v) is 3.84. The van der Waals surface area contributed by atoms with Crippen LogP contribution < -0.4 is 0 Å². The Morgan fingerprint density at radius 1 is 1.28 bits per heavy atom. The second kappa shape index (κ2) is 7.83. The minimum atomic E-state index is -0.931. The predicted molar refractivity (Wildman–Crippen MR) is 104 cm³/mol. The van der Waals surface area contributed by atoms with E-state index >= 15 is 0 Å². The van der Waals surface area contributed by atoms with Crippen molar-refractivity contribution in [3.8, 4) is 0 Å². The topological polar surface area (TPSA) is 57.6 Å². The van der Waals surface area contributed by atoms with Crippen LogP contribution >= 0.6 is 23.8 Å². The van der Waals surface area contributed by atoms with Crippen molar-refractivity contribution >= 4 is 40.6 Å². The number of halogens is 1. The molecule has 136 valence electrons. The van der Waals surface area contributed by atoms with Crippen LogP contribution in [0, 0.1) is 5.41 Å². The molecule has 1 aromatic carbocycles. The van der Waals surface area contributed by atoms with E-state index in [1.165, 1.54) is 0 Å². The van der Waals surface area contributed by atoms with Gasteiger partial charge in [-0.05, 0) is 18.9 Å². The lowest BCUT2D eigenvalue weighted by Gasteiger charge is -2.31. The Balaban J connectivity index is 2.48. The molecule has 0 aromatic heterocycles. The van der Waals surface area contributed by atoms with E-state index in [0.717, 1.165) is 25.7 Å². The highest BCUT2D eigenvalue weighted by molar-refractivity contribution is 7.80. The van der Waals surface area contributed by atoms with Crippen molar-refractivity contribution in [2.45, 2.75) is 52.5 Å². The Hall–Kier alpha value is -1.46. The number of thiocarbonyl (C=S) groups is 1. The van der Waals surface area contributed by atoms with Gasteiger partial charge in [0.25, 0.3) is 0 Å². The number of nitrogens with zero attached hydrogens (tertiary/aromatic N) is 1. The van der Waals surface area contributed by atoms with Gasteiger partial charge < -0.3 is 10.0 Å². The van der Waals surface area contributed by atoms with Crippen LogP contribution in [0.2, 0.25) is 5.02 Å². The molecular formula is C19H24ClNO3S. The molecule has 0 spiro atoms. The molecule has 6 heteroatoms. The Kier molecular flexibility index (Phi) is 6.22. The van der Waals surface area contributed by atoms with Gasteiger partial charge in [-0.25, -0.2) is 0 Å². The zero-order valence-corrected chi connectivity index (χ0v) is 16.4. The summed E-state index contributed by atoms with van der Waals surface area (Å²) in [6.45, 7) is 5.32. The normalized spacial score (nSPS) is 15.2. The maximum atomic E-state index is 12.9. The molecule has 1 aliphatic carbocycles. The molecule has 0 heterocycles. The van der Waals surface area contributed by atoms with E-state index in [4.69, 9.17) is 23.8 Å². The average molecular weight is 382 g/mol. The van der Waals surface area contributed by atoms with E-state index in [2.05, 4.69) is 0 Å². The minimum Gasteiger partial charge on any atom is -0.480 e. The maximum Gasteiger partial charge on any atom is 0.323 e. The summed E-state index contributed by atoms with van der Waals surface area (Å²) >= 11 is 12.0. The van der Waals surface area contributed by atoms with Crippen LogP contribution in [0.15, 0.2) is 18.2 Å². The van der Waals surface area contributed by atoms with Crippen molar-refractivity contribution < 1.29 is 14.7 Å². The van der Waals surface area contributed by atoms with Crippen LogP contribution in [-0.2, 0) is 4.79 Å². The summed E-state index contributed by atoms with van der Waals surface area (Å²) in [5.74, 6) is -1.03. The number of carboxylic acids is 1. The van der Waals surface area contributed by atoms with E-state index in [0.29, 0.717) is 21.1 Å². The minimum absolute atomic E-state index is 0.0974. The molecule has 25 heavy (non-hydrogen) atoms. The lowest BCUT2D eigenvalue weighted by Crippen LogP contribution is -2.42. The van der Waals surface area contributed by atoms with Gasteiger partial charge in [0.05, 0.1) is 5.02 Å². The summed E-state index contributed by atoms with van der Waals surface area (Å²) < 4.78 is 0. The first kappa shape index (κ1) is 19.9. The number of benzene rings is 1. The van der Waals surface area contributed by atoms with Crippen LogP contribution in [0.5, 0.6) is 0 Å². The van der Waals surface area contributed by atoms with E-state index in [1.54, 1.807) is 23.1 Å². The number of aliphatic carboxylic acids is 1. The third-order valence-electron chi connectivity index (χ3n) is 4.48. The Morgan fingerprint density at radius 2 is 1.88 bits per heavy atom. The number of Topliss-reactive ketones (excluding diaryl/α,β-unsaturated/α-hetero) is 1. The van der Waals surface area contributed by atoms with Crippen LogP contribution in [0.1, 0.15) is 62.4 Å². The molecule has 0 saturated heterocycles. The smallest absolute Gasteiger partial charge is 0.323 e.